The molecular weight excluding hydrogens is 264 g/mol. The van der Waals surface area contributed by atoms with Crippen LogP contribution in [0.3, 0.4) is 0 Å². The first-order valence-corrected chi connectivity index (χ1v) is 7.79. The quantitative estimate of drug-likeness (QED) is 0.929. The maximum atomic E-state index is 11.2. The molecule has 0 saturated heterocycles. The number of hydrogen-bond acceptors (Lipinski definition) is 2. The van der Waals surface area contributed by atoms with Crippen LogP contribution in [-0.2, 0) is 6.54 Å². The van der Waals surface area contributed by atoms with Crippen molar-refractivity contribution in [2.24, 2.45) is 5.41 Å². The van der Waals surface area contributed by atoms with Crippen LogP contribution in [0.25, 0.3) is 11.0 Å². The number of carbonyl (C=O) groups is 1. The monoisotopic (exact) mass is 284 g/mol. The molecule has 0 bridgehead atoms. The van der Waals surface area contributed by atoms with Gasteiger partial charge in [0.25, 0.3) is 0 Å². The van der Waals surface area contributed by atoms with Crippen molar-refractivity contribution in [1.82, 2.24) is 9.55 Å². The first-order chi connectivity index (χ1) is 10.1. The van der Waals surface area contributed by atoms with Crippen molar-refractivity contribution in [2.75, 3.05) is 0 Å². The summed E-state index contributed by atoms with van der Waals surface area (Å²) < 4.78 is 2.30. The summed E-state index contributed by atoms with van der Waals surface area (Å²) in [5.41, 5.74) is 2.63. The summed E-state index contributed by atoms with van der Waals surface area (Å²) in [4.78, 5) is 16.0. The SMILES string of the molecule is CC1(Cn2c(C3CC3)nc3ccc(C(=O)O)cc32)CCC1. The number of hydrogen-bond donors (Lipinski definition) is 1. The van der Waals surface area contributed by atoms with Crippen molar-refractivity contribution in [3.05, 3.63) is 29.6 Å². The summed E-state index contributed by atoms with van der Waals surface area (Å²) in [6.45, 7) is 3.30. The number of nitrogens with zero attached hydrogens (tertiary/aromatic N) is 2. The molecule has 1 heterocycles. The Bertz CT molecular complexity index is 724. The van der Waals surface area contributed by atoms with Crippen molar-refractivity contribution in [3.63, 3.8) is 0 Å². The summed E-state index contributed by atoms with van der Waals surface area (Å²) in [5.74, 6) is 0.877. The van der Waals surface area contributed by atoms with Crippen LogP contribution >= 0.6 is 0 Å². The Hall–Kier alpha value is -1.84. The van der Waals surface area contributed by atoms with Crippen molar-refractivity contribution >= 4 is 17.0 Å². The van der Waals surface area contributed by atoms with E-state index in [1.807, 2.05) is 6.07 Å². The van der Waals surface area contributed by atoms with Gasteiger partial charge in [0.1, 0.15) is 5.82 Å². The average molecular weight is 284 g/mol. The Morgan fingerprint density at radius 2 is 2.19 bits per heavy atom. The highest BCUT2D eigenvalue weighted by atomic mass is 16.4. The fourth-order valence-corrected chi connectivity index (χ4v) is 3.41. The molecule has 0 radical (unpaired) electrons. The van der Waals surface area contributed by atoms with Gasteiger partial charge in [0.05, 0.1) is 16.6 Å². The number of aromatic carboxylic acids is 1. The molecule has 21 heavy (non-hydrogen) atoms. The molecule has 1 aromatic heterocycles. The van der Waals surface area contributed by atoms with Crippen LogP contribution in [0.4, 0.5) is 0 Å². The Morgan fingerprint density at radius 1 is 1.43 bits per heavy atom. The second kappa shape index (κ2) is 4.33. The zero-order valence-corrected chi connectivity index (χ0v) is 12.3. The van der Waals surface area contributed by atoms with E-state index in [2.05, 4.69) is 11.5 Å². The van der Waals surface area contributed by atoms with Crippen LogP contribution in [0.1, 0.15) is 61.1 Å². The highest BCUT2D eigenvalue weighted by molar-refractivity contribution is 5.92. The van der Waals surface area contributed by atoms with Crippen molar-refractivity contribution in [1.29, 1.82) is 0 Å². The normalized spacial score (nSPS) is 20.4. The zero-order valence-electron chi connectivity index (χ0n) is 12.3. The predicted molar refractivity (Wildman–Crippen MR) is 80.6 cm³/mol. The average Bonchev–Trinajstić information content (AvgIpc) is 3.20. The second-order valence-electron chi connectivity index (χ2n) is 7.00. The molecule has 4 heteroatoms. The minimum atomic E-state index is -0.868. The fraction of sp³-hybridized carbons (Fsp3) is 0.529. The molecule has 0 aliphatic heterocycles. The lowest BCUT2D eigenvalue weighted by molar-refractivity contribution is 0.0697. The van der Waals surface area contributed by atoms with Gasteiger partial charge in [0.2, 0.25) is 0 Å². The van der Waals surface area contributed by atoms with E-state index in [1.54, 1.807) is 12.1 Å². The summed E-state index contributed by atoms with van der Waals surface area (Å²) in [6.07, 6.45) is 6.25. The highest BCUT2D eigenvalue weighted by Gasteiger charge is 2.36. The lowest BCUT2D eigenvalue weighted by Crippen LogP contribution is -2.31. The lowest BCUT2D eigenvalue weighted by atomic mass is 9.70. The minimum absolute atomic E-state index is 0.352. The van der Waals surface area contributed by atoms with Gasteiger partial charge in [-0.2, -0.15) is 0 Å². The smallest absolute Gasteiger partial charge is 0.335 e. The molecule has 2 aliphatic rings. The first kappa shape index (κ1) is 12.9. The number of carboxylic acids is 1. The first-order valence-electron chi connectivity index (χ1n) is 7.79. The maximum Gasteiger partial charge on any atom is 0.335 e. The van der Waals surface area contributed by atoms with E-state index in [4.69, 9.17) is 4.98 Å². The molecule has 0 spiro atoms. The molecular formula is C17H20N2O2. The fourth-order valence-electron chi connectivity index (χ4n) is 3.41. The van der Waals surface area contributed by atoms with Gasteiger partial charge in [-0.05, 0) is 49.3 Å². The van der Waals surface area contributed by atoms with E-state index in [0.29, 0.717) is 16.9 Å². The Labute approximate surface area is 123 Å². The van der Waals surface area contributed by atoms with Crippen molar-refractivity contribution in [2.45, 2.75) is 51.5 Å². The molecule has 1 aromatic carbocycles. The van der Waals surface area contributed by atoms with Crippen LogP contribution in [0.2, 0.25) is 0 Å². The number of imidazole rings is 1. The number of rotatable bonds is 4. The van der Waals surface area contributed by atoms with Crippen LogP contribution < -0.4 is 0 Å². The van der Waals surface area contributed by atoms with E-state index in [-0.39, 0.29) is 0 Å². The van der Waals surface area contributed by atoms with Gasteiger partial charge < -0.3 is 9.67 Å². The third-order valence-corrected chi connectivity index (χ3v) is 5.07. The molecule has 0 amide bonds. The van der Waals surface area contributed by atoms with Gasteiger partial charge in [-0.1, -0.05) is 13.3 Å². The topological polar surface area (TPSA) is 55.1 Å². The molecule has 2 fully saturated rings. The Balaban J connectivity index is 1.84. The minimum Gasteiger partial charge on any atom is -0.478 e. The summed E-state index contributed by atoms with van der Waals surface area (Å²) in [7, 11) is 0. The van der Waals surface area contributed by atoms with E-state index < -0.39 is 5.97 Å². The summed E-state index contributed by atoms with van der Waals surface area (Å²) >= 11 is 0. The summed E-state index contributed by atoms with van der Waals surface area (Å²) in [5, 5.41) is 9.22. The van der Waals surface area contributed by atoms with E-state index in [9.17, 15) is 9.90 Å². The molecule has 2 saturated carbocycles. The van der Waals surface area contributed by atoms with Gasteiger partial charge >= 0.3 is 5.97 Å². The van der Waals surface area contributed by atoms with Crippen LogP contribution in [0, 0.1) is 5.41 Å². The number of carboxylic acid groups (broad SMARTS) is 1. The largest absolute Gasteiger partial charge is 0.478 e. The molecule has 4 rings (SSSR count). The van der Waals surface area contributed by atoms with Crippen molar-refractivity contribution < 1.29 is 9.90 Å². The van der Waals surface area contributed by atoms with Crippen LogP contribution in [0.15, 0.2) is 18.2 Å². The number of fused-ring (bicyclic) bond motifs is 1. The van der Waals surface area contributed by atoms with E-state index in [1.165, 1.54) is 37.9 Å². The van der Waals surface area contributed by atoms with Gasteiger partial charge in [0.15, 0.2) is 0 Å². The third-order valence-electron chi connectivity index (χ3n) is 5.07. The molecule has 0 atom stereocenters. The standard InChI is InChI=1S/C17H20N2O2/c1-17(7-2-8-17)10-19-14-9-12(16(20)21)5-6-13(14)18-15(19)11-3-4-11/h5-6,9,11H,2-4,7-8,10H2,1H3,(H,20,21). The predicted octanol–water partition coefficient (Wildman–Crippen LogP) is 3.80. The van der Waals surface area contributed by atoms with Gasteiger partial charge in [-0.15, -0.1) is 0 Å². The van der Waals surface area contributed by atoms with Gasteiger partial charge in [0, 0.05) is 12.5 Å². The third kappa shape index (κ3) is 2.13. The van der Waals surface area contributed by atoms with Crippen LogP contribution in [0.5, 0.6) is 0 Å². The second-order valence-corrected chi connectivity index (χ2v) is 7.00. The van der Waals surface area contributed by atoms with Gasteiger partial charge in [-0.25, -0.2) is 9.78 Å². The zero-order chi connectivity index (χ0) is 14.6. The number of benzene rings is 1. The Kier molecular flexibility index (Phi) is 2.65. The van der Waals surface area contributed by atoms with Crippen molar-refractivity contribution in [3.8, 4) is 0 Å². The summed E-state index contributed by atoms with van der Waals surface area (Å²) in [6, 6.07) is 5.30. The molecule has 110 valence electrons. The van der Waals surface area contributed by atoms with E-state index in [0.717, 1.165) is 17.6 Å². The molecule has 0 unspecified atom stereocenters. The Morgan fingerprint density at radius 3 is 2.76 bits per heavy atom. The van der Waals surface area contributed by atoms with E-state index >= 15 is 0 Å². The molecule has 4 nitrogen and oxygen atoms in total. The maximum absolute atomic E-state index is 11.2. The molecule has 1 N–H and O–H groups in total. The van der Waals surface area contributed by atoms with Gasteiger partial charge in [-0.3, -0.25) is 0 Å². The molecule has 2 aromatic rings. The number of aromatic nitrogens is 2. The highest BCUT2D eigenvalue weighted by Crippen LogP contribution is 2.45. The van der Waals surface area contributed by atoms with Crippen LogP contribution in [-0.4, -0.2) is 20.6 Å². The lowest BCUT2D eigenvalue weighted by Gasteiger charge is -2.39. The molecule has 2 aliphatic carbocycles.